The topological polar surface area (TPSA) is 43.1 Å². The molecule has 4 nitrogen and oxygen atoms in total. The molecule has 0 radical (unpaired) electrons. The van der Waals surface area contributed by atoms with E-state index in [0.717, 1.165) is 16.9 Å². The molecule has 0 fully saturated rings. The monoisotopic (exact) mass is 302 g/mol. The Hall–Kier alpha value is -1.71. The van der Waals surface area contributed by atoms with E-state index in [2.05, 4.69) is 27.9 Å². The SMILES string of the molecule is Cc1cc(C)c2c(n1)[se]c1c2ncn2ccnc12. The van der Waals surface area contributed by atoms with Crippen molar-refractivity contribution in [1.82, 2.24) is 19.4 Å². The van der Waals surface area contributed by atoms with Crippen LogP contribution in [-0.2, 0) is 0 Å². The summed E-state index contributed by atoms with van der Waals surface area (Å²) in [6.45, 7) is 4.18. The van der Waals surface area contributed by atoms with E-state index in [0.29, 0.717) is 0 Å². The molecule has 88 valence electrons. The Morgan fingerprint density at radius 2 is 2.11 bits per heavy atom. The molecule has 4 aromatic rings. The molecular formula is C13H10N4Se. The standard InChI is InChI=1S/C13H10N4Se/c1-7-5-8(2)16-13-9(7)10-11(18-13)12-14-3-4-17(12)6-15-10/h3-6H,1-2H3. The van der Waals surface area contributed by atoms with Crippen molar-refractivity contribution >= 4 is 39.7 Å². The first-order valence-corrected chi connectivity index (χ1v) is 7.43. The van der Waals surface area contributed by atoms with Crippen molar-refractivity contribution in [3.8, 4) is 0 Å². The second-order valence-electron chi connectivity index (χ2n) is 4.44. The zero-order valence-electron chi connectivity index (χ0n) is 10.0. The summed E-state index contributed by atoms with van der Waals surface area (Å²) in [7, 11) is 0. The molecule has 5 heteroatoms. The molecule has 0 spiro atoms. The summed E-state index contributed by atoms with van der Waals surface area (Å²) in [5.74, 6) is 0. The summed E-state index contributed by atoms with van der Waals surface area (Å²) in [6.07, 6.45) is 5.60. The van der Waals surface area contributed by atoms with Gasteiger partial charge in [-0.3, -0.25) is 0 Å². The number of hydrogen-bond acceptors (Lipinski definition) is 3. The Kier molecular flexibility index (Phi) is 1.93. The van der Waals surface area contributed by atoms with Crippen LogP contribution in [0.5, 0.6) is 0 Å². The summed E-state index contributed by atoms with van der Waals surface area (Å²) in [5.41, 5.74) is 4.45. The van der Waals surface area contributed by atoms with E-state index in [1.807, 2.05) is 30.0 Å². The van der Waals surface area contributed by atoms with Gasteiger partial charge in [0, 0.05) is 0 Å². The van der Waals surface area contributed by atoms with Gasteiger partial charge in [0.25, 0.3) is 0 Å². The number of fused-ring (bicyclic) bond motifs is 5. The van der Waals surface area contributed by atoms with Gasteiger partial charge >= 0.3 is 109 Å². The molecule has 18 heavy (non-hydrogen) atoms. The van der Waals surface area contributed by atoms with Gasteiger partial charge in [0.2, 0.25) is 0 Å². The third kappa shape index (κ3) is 1.23. The van der Waals surface area contributed by atoms with Gasteiger partial charge in [-0.1, -0.05) is 0 Å². The first kappa shape index (κ1) is 10.2. The molecule has 0 aliphatic rings. The molecule has 0 unspecified atom stereocenters. The Morgan fingerprint density at radius 3 is 3.00 bits per heavy atom. The Labute approximate surface area is 109 Å². The van der Waals surface area contributed by atoms with Crippen LogP contribution in [0.1, 0.15) is 11.3 Å². The van der Waals surface area contributed by atoms with E-state index in [9.17, 15) is 0 Å². The van der Waals surface area contributed by atoms with Gasteiger partial charge in [-0.2, -0.15) is 0 Å². The molecule has 0 aliphatic heterocycles. The second kappa shape index (κ2) is 3.40. The number of aryl methyl sites for hydroxylation is 2. The molecule has 0 saturated heterocycles. The summed E-state index contributed by atoms with van der Waals surface area (Å²) >= 11 is 0.211. The van der Waals surface area contributed by atoms with Crippen LogP contribution in [-0.4, -0.2) is 33.9 Å². The molecule has 4 aromatic heterocycles. The van der Waals surface area contributed by atoms with E-state index in [-0.39, 0.29) is 14.5 Å². The fourth-order valence-electron chi connectivity index (χ4n) is 2.40. The van der Waals surface area contributed by atoms with Crippen LogP contribution in [0.3, 0.4) is 0 Å². The van der Waals surface area contributed by atoms with E-state index in [4.69, 9.17) is 0 Å². The van der Waals surface area contributed by atoms with Gasteiger partial charge in [-0.25, -0.2) is 0 Å². The Bertz CT molecular complexity index is 903. The predicted octanol–water partition coefficient (Wildman–Crippen LogP) is 2.10. The molecule has 0 saturated carbocycles. The molecule has 0 N–H and O–H groups in total. The van der Waals surface area contributed by atoms with Crippen molar-refractivity contribution in [2.75, 3.05) is 0 Å². The molecular weight excluding hydrogens is 291 g/mol. The quantitative estimate of drug-likeness (QED) is 0.467. The maximum atomic E-state index is 4.67. The minimum absolute atomic E-state index is 0.211. The average molecular weight is 301 g/mol. The van der Waals surface area contributed by atoms with Crippen molar-refractivity contribution in [1.29, 1.82) is 0 Å². The number of rotatable bonds is 0. The van der Waals surface area contributed by atoms with Gasteiger partial charge < -0.3 is 0 Å². The van der Waals surface area contributed by atoms with Crippen molar-refractivity contribution in [3.05, 3.63) is 36.0 Å². The number of hydrogen-bond donors (Lipinski definition) is 0. The summed E-state index contributed by atoms with van der Waals surface area (Å²) < 4.78 is 4.43. The van der Waals surface area contributed by atoms with Gasteiger partial charge in [-0.05, 0) is 0 Å². The first-order chi connectivity index (χ1) is 8.74. The van der Waals surface area contributed by atoms with Crippen LogP contribution < -0.4 is 0 Å². The molecule has 4 rings (SSSR count). The van der Waals surface area contributed by atoms with E-state index in [1.165, 1.54) is 19.6 Å². The summed E-state index contributed by atoms with van der Waals surface area (Å²) in [4.78, 5) is 13.7. The van der Waals surface area contributed by atoms with Gasteiger partial charge in [0.1, 0.15) is 0 Å². The van der Waals surface area contributed by atoms with Crippen molar-refractivity contribution in [2.24, 2.45) is 0 Å². The van der Waals surface area contributed by atoms with Crippen LogP contribution in [0.25, 0.3) is 25.2 Å². The van der Waals surface area contributed by atoms with Crippen LogP contribution in [0, 0.1) is 13.8 Å². The van der Waals surface area contributed by atoms with Crippen LogP contribution in [0.15, 0.2) is 24.8 Å². The first-order valence-electron chi connectivity index (χ1n) is 5.72. The fourth-order valence-corrected chi connectivity index (χ4v) is 5.01. The number of pyridine rings is 1. The number of imidazole rings is 1. The molecule has 0 atom stereocenters. The molecule has 0 aliphatic carbocycles. The summed E-state index contributed by atoms with van der Waals surface area (Å²) in [5, 5.41) is 1.22. The van der Waals surface area contributed by atoms with Gasteiger partial charge in [0.05, 0.1) is 0 Å². The predicted molar refractivity (Wildman–Crippen MR) is 72.2 cm³/mol. The molecule has 0 amide bonds. The Balaban J connectivity index is 2.33. The maximum absolute atomic E-state index is 4.67. The number of aromatic nitrogens is 4. The van der Waals surface area contributed by atoms with Crippen LogP contribution in [0.2, 0.25) is 0 Å². The normalized spacial score (nSPS) is 11.9. The molecule has 0 aromatic carbocycles. The van der Waals surface area contributed by atoms with Crippen LogP contribution >= 0.6 is 0 Å². The Morgan fingerprint density at radius 1 is 1.22 bits per heavy atom. The number of nitrogens with zero attached hydrogens (tertiary/aromatic N) is 4. The zero-order chi connectivity index (χ0) is 12.3. The third-order valence-corrected chi connectivity index (χ3v) is 5.39. The third-order valence-electron chi connectivity index (χ3n) is 3.15. The van der Waals surface area contributed by atoms with Gasteiger partial charge in [-0.15, -0.1) is 0 Å². The van der Waals surface area contributed by atoms with E-state index >= 15 is 0 Å². The summed E-state index contributed by atoms with van der Waals surface area (Å²) in [6, 6.07) is 2.13. The average Bonchev–Trinajstić information content (AvgIpc) is 2.89. The fraction of sp³-hybridized carbons (Fsp3) is 0.154. The van der Waals surface area contributed by atoms with Gasteiger partial charge in [0.15, 0.2) is 0 Å². The van der Waals surface area contributed by atoms with Crippen molar-refractivity contribution in [2.45, 2.75) is 13.8 Å². The molecule has 0 bridgehead atoms. The zero-order valence-corrected chi connectivity index (χ0v) is 11.7. The molecule has 4 heterocycles. The second-order valence-corrected chi connectivity index (χ2v) is 6.54. The van der Waals surface area contributed by atoms with E-state index < -0.39 is 0 Å². The van der Waals surface area contributed by atoms with E-state index in [1.54, 1.807) is 0 Å². The van der Waals surface area contributed by atoms with Crippen molar-refractivity contribution in [3.63, 3.8) is 0 Å². The minimum atomic E-state index is 0.211. The van der Waals surface area contributed by atoms with Crippen LogP contribution in [0.4, 0.5) is 0 Å². The van der Waals surface area contributed by atoms with Crippen molar-refractivity contribution < 1.29 is 0 Å².